The van der Waals surface area contributed by atoms with Crippen LogP contribution in [0.2, 0.25) is 0 Å². The Morgan fingerprint density at radius 3 is 2.71 bits per heavy atom. The SMILES string of the molecule is CCC(C)[C@H](N)c1cccc2c1OC(F)(F)O2. The fourth-order valence-corrected chi connectivity index (χ4v) is 1.81. The van der Waals surface area contributed by atoms with E-state index in [0.717, 1.165) is 6.42 Å². The molecule has 3 nitrogen and oxygen atoms in total. The van der Waals surface area contributed by atoms with Gasteiger partial charge in [-0.3, -0.25) is 0 Å². The average Bonchev–Trinajstić information content (AvgIpc) is 2.60. The van der Waals surface area contributed by atoms with Crippen molar-refractivity contribution in [2.24, 2.45) is 11.7 Å². The summed E-state index contributed by atoms with van der Waals surface area (Å²) in [5.74, 6) is 0.288. The molecule has 1 aliphatic heterocycles. The van der Waals surface area contributed by atoms with Gasteiger partial charge in [0, 0.05) is 11.6 Å². The highest BCUT2D eigenvalue weighted by Crippen LogP contribution is 2.45. The van der Waals surface area contributed by atoms with E-state index in [9.17, 15) is 8.78 Å². The molecule has 1 heterocycles. The van der Waals surface area contributed by atoms with Crippen LogP contribution < -0.4 is 15.2 Å². The second kappa shape index (κ2) is 4.14. The summed E-state index contributed by atoms with van der Waals surface area (Å²) in [4.78, 5) is 0. The van der Waals surface area contributed by atoms with E-state index < -0.39 is 6.29 Å². The summed E-state index contributed by atoms with van der Waals surface area (Å²) < 4.78 is 34.8. The molecule has 94 valence electrons. The molecule has 2 atom stereocenters. The van der Waals surface area contributed by atoms with Gasteiger partial charge in [-0.05, 0) is 12.0 Å². The normalized spacial score (nSPS) is 20.1. The van der Waals surface area contributed by atoms with Crippen molar-refractivity contribution in [2.45, 2.75) is 32.6 Å². The molecular weight excluding hydrogens is 228 g/mol. The van der Waals surface area contributed by atoms with E-state index in [1.54, 1.807) is 12.1 Å². The lowest BCUT2D eigenvalue weighted by Gasteiger charge is -2.19. The second-order valence-corrected chi connectivity index (χ2v) is 4.25. The molecule has 0 bridgehead atoms. The summed E-state index contributed by atoms with van der Waals surface area (Å²) in [6, 6.07) is 4.44. The minimum atomic E-state index is -3.59. The van der Waals surface area contributed by atoms with Crippen LogP contribution in [-0.2, 0) is 0 Å². The highest BCUT2D eigenvalue weighted by molar-refractivity contribution is 5.50. The topological polar surface area (TPSA) is 44.5 Å². The molecule has 2 rings (SSSR count). The van der Waals surface area contributed by atoms with E-state index >= 15 is 0 Å². The Bertz CT molecular complexity index is 423. The molecule has 2 N–H and O–H groups in total. The van der Waals surface area contributed by atoms with E-state index in [1.807, 2.05) is 13.8 Å². The summed E-state index contributed by atoms with van der Waals surface area (Å²) in [5.41, 5.74) is 6.59. The highest BCUT2D eigenvalue weighted by atomic mass is 19.3. The van der Waals surface area contributed by atoms with Gasteiger partial charge in [-0.15, -0.1) is 8.78 Å². The molecule has 0 aromatic heterocycles. The van der Waals surface area contributed by atoms with Gasteiger partial charge < -0.3 is 15.2 Å². The summed E-state index contributed by atoms with van der Waals surface area (Å²) >= 11 is 0. The largest absolute Gasteiger partial charge is 0.586 e. The molecule has 1 aromatic carbocycles. The monoisotopic (exact) mass is 243 g/mol. The van der Waals surface area contributed by atoms with Gasteiger partial charge in [0.2, 0.25) is 0 Å². The van der Waals surface area contributed by atoms with E-state index in [2.05, 4.69) is 9.47 Å². The molecule has 0 spiro atoms. The van der Waals surface area contributed by atoms with E-state index in [-0.39, 0.29) is 23.5 Å². The molecule has 0 radical (unpaired) electrons. The van der Waals surface area contributed by atoms with Crippen LogP contribution in [-0.4, -0.2) is 6.29 Å². The van der Waals surface area contributed by atoms with Gasteiger partial charge in [-0.1, -0.05) is 32.4 Å². The molecule has 0 saturated heterocycles. The van der Waals surface area contributed by atoms with Crippen molar-refractivity contribution >= 4 is 0 Å². The number of para-hydroxylation sites is 1. The lowest BCUT2D eigenvalue weighted by Crippen LogP contribution is -2.26. The van der Waals surface area contributed by atoms with Crippen LogP contribution in [0, 0.1) is 5.92 Å². The number of fused-ring (bicyclic) bond motifs is 1. The Morgan fingerprint density at radius 1 is 1.35 bits per heavy atom. The van der Waals surface area contributed by atoms with Gasteiger partial charge in [-0.2, -0.15) is 0 Å². The fourth-order valence-electron chi connectivity index (χ4n) is 1.81. The third kappa shape index (κ3) is 2.20. The maximum absolute atomic E-state index is 13.0. The van der Waals surface area contributed by atoms with Gasteiger partial charge in [0.1, 0.15) is 0 Å². The number of alkyl halides is 2. The Kier molecular flexibility index (Phi) is 2.95. The van der Waals surface area contributed by atoms with Crippen LogP contribution in [0.3, 0.4) is 0 Å². The van der Waals surface area contributed by atoms with Crippen molar-refractivity contribution in [2.75, 3.05) is 0 Å². The Balaban J connectivity index is 2.36. The molecule has 0 amide bonds. The van der Waals surface area contributed by atoms with Crippen molar-refractivity contribution < 1.29 is 18.3 Å². The van der Waals surface area contributed by atoms with Gasteiger partial charge >= 0.3 is 6.29 Å². The molecular formula is C12H15F2NO2. The zero-order valence-corrected chi connectivity index (χ0v) is 9.74. The molecule has 5 heteroatoms. The van der Waals surface area contributed by atoms with E-state index in [4.69, 9.17) is 5.73 Å². The lowest BCUT2D eigenvalue weighted by atomic mass is 9.92. The van der Waals surface area contributed by atoms with Gasteiger partial charge in [-0.25, -0.2) is 0 Å². The highest BCUT2D eigenvalue weighted by Gasteiger charge is 2.45. The Labute approximate surface area is 98.5 Å². The van der Waals surface area contributed by atoms with Crippen LogP contribution in [0.15, 0.2) is 18.2 Å². The standard InChI is InChI=1S/C12H15F2NO2/c1-3-7(2)10(15)8-5-4-6-9-11(8)17-12(13,14)16-9/h4-7,10H,3,15H2,1-2H3/t7?,10-/m0/s1. The van der Waals surface area contributed by atoms with Crippen molar-refractivity contribution in [3.05, 3.63) is 23.8 Å². The first-order valence-electron chi connectivity index (χ1n) is 5.59. The third-order valence-corrected chi connectivity index (χ3v) is 3.08. The van der Waals surface area contributed by atoms with Crippen LogP contribution in [0.5, 0.6) is 11.5 Å². The lowest BCUT2D eigenvalue weighted by molar-refractivity contribution is -0.287. The van der Waals surface area contributed by atoms with Crippen molar-refractivity contribution in [3.8, 4) is 11.5 Å². The fraction of sp³-hybridized carbons (Fsp3) is 0.500. The van der Waals surface area contributed by atoms with E-state index in [0.29, 0.717) is 5.56 Å². The number of ether oxygens (including phenoxy) is 2. The minimum Gasteiger partial charge on any atom is -0.395 e. The number of nitrogens with two attached hydrogens (primary N) is 1. The van der Waals surface area contributed by atoms with Crippen molar-refractivity contribution in [1.82, 2.24) is 0 Å². The number of hydrogen-bond donors (Lipinski definition) is 1. The zero-order valence-electron chi connectivity index (χ0n) is 9.74. The Morgan fingerprint density at radius 2 is 2.06 bits per heavy atom. The summed E-state index contributed by atoms with van der Waals surface area (Å²) in [6.45, 7) is 3.97. The van der Waals surface area contributed by atoms with Gasteiger partial charge in [0.25, 0.3) is 0 Å². The first-order valence-corrected chi connectivity index (χ1v) is 5.59. The first kappa shape index (κ1) is 12.1. The predicted octanol–water partition coefficient (Wildman–Crippen LogP) is 3.05. The zero-order chi connectivity index (χ0) is 12.6. The molecule has 1 unspecified atom stereocenters. The minimum absolute atomic E-state index is 0.0475. The van der Waals surface area contributed by atoms with Crippen LogP contribution >= 0.6 is 0 Å². The molecule has 1 aromatic rings. The van der Waals surface area contributed by atoms with Crippen molar-refractivity contribution in [3.63, 3.8) is 0 Å². The van der Waals surface area contributed by atoms with Crippen LogP contribution in [0.1, 0.15) is 31.9 Å². The summed E-state index contributed by atoms with van der Waals surface area (Å²) in [7, 11) is 0. The summed E-state index contributed by atoms with van der Waals surface area (Å²) in [5, 5.41) is 0. The molecule has 0 fully saturated rings. The van der Waals surface area contributed by atoms with Gasteiger partial charge in [0.15, 0.2) is 11.5 Å². The Hall–Kier alpha value is -1.36. The van der Waals surface area contributed by atoms with Gasteiger partial charge in [0.05, 0.1) is 0 Å². The maximum Gasteiger partial charge on any atom is 0.586 e. The number of rotatable bonds is 3. The quantitative estimate of drug-likeness (QED) is 0.887. The molecule has 0 aliphatic carbocycles. The van der Waals surface area contributed by atoms with Crippen LogP contribution in [0.4, 0.5) is 8.78 Å². The van der Waals surface area contributed by atoms with Crippen molar-refractivity contribution in [1.29, 1.82) is 0 Å². The molecule has 1 aliphatic rings. The number of halogens is 2. The number of hydrogen-bond acceptors (Lipinski definition) is 3. The van der Waals surface area contributed by atoms with E-state index in [1.165, 1.54) is 6.07 Å². The number of benzene rings is 1. The molecule has 17 heavy (non-hydrogen) atoms. The predicted molar refractivity (Wildman–Crippen MR) is 59.0 cm³/mol. The average molecular weight is 243 g/mol. The van der Waals surface area contributed by atoms with Crippen LogP contribution in [0.25, 0.3) is 0 Å². The maximum atomic E-state index is 13.0. The molecule has 0 saturated carbocycles. The second-order valence-electron chi connectivity index (χ2n) is 4.25. The first-order chi connectivity index (χ1) is 7.94. The summed E-state index contributed by atoms with van der Waals surface area (Å²) in [6.07, 6.45) is -2.73. The smallest absolute Gasteiger partial charge is 0.395 e. The third-order valence-electron chi connectivity index (χ3n) is 3.08.